The van der Waals surface area contributed by atoms with Crippen molar-refractivity contribution in [2.24, 2.45) is 5.73 Å². The number of hydrogen-bond donors (Lipinski definition) is 2. The van der Waals surface area contributed by atoms with Crippen LogP contribution in [0.25, 0.3) is 11.3 Å². The number of rotatable bonds is 3. The van der Waals surface area contributed by atoms with Crippen LogP contribution in [0.3, 0.4) is 0 Å². The van der Waals surface area contributed by atoms with Crippen molar-refractivity contribution in [1.29, 1.82) is 0 Å². The smallest absolute Gasteiger partial charge is 0.414 e. The Morgan fingerprint density at radius 3 is 2.86 bits per heavy atom. The molecule has 1 aliphatic heterocycles. The van der Waals surface area contributed by atoms with Gasteiger partial charge in [0.15, 0.2) is 0 Å². The number of hydrogen-bond acceptors (Lipinski definition) is 5. The van der Waals surface area contributed by atoms with Crippen LogP contribution in [0, 0.1) is 0 Å². The highest BCUT2D eigenvalue weighted by molar-refractivity contribution is 5.91. The summed E-state index contributed by atoms with van der Waals surface area (Å²) in [6.45, 7) is 2.07. The number of ether oxygens (including phenoxy) is 1. The summed E-state index contributed by atoms with van der Waals surface area (Å²) in [4.78, 5) is 36.7. The van der Waals surface area contributed by atoms with Crippen molar-refractivity contribution in [1.82, 2.24) is 15.1 Å². The lowest BCUT2D eigenvalue weighted by Crippen LogP contribution is -2.33. The first kappa shape index (κ1) is 18.0. The normalized spacial score (nSPS) is 18.1. The molecule has 28 heavy (non-hydrogen) atoms. The molecule has 146 valence electrons. The molecule has 0 spiro atoms. The van der Waals surface area contributed by atoms with Crippen LogP contribution >= 0.6 is 0 Å². The molecule has 9 heteroatoms. The van der Waals surface area contributed by atoms with Gasteiger partial charge >= 0.3 is 12.1 Å². The van der Waals surface area contributed by atoms with Crippen LogP contribution in [-0.4, -0.2) is 47.0 Å². The molecule has 3 N–H and O–H groups in total. The number of nitrogens with zero attached hydrogens (tertiary/aromatic N) is 3. The van der Waals surface area contributed by atoms with Gasteiger partial charge in [-0.2, -0.15) is 9.78 Å². The van der Waals surface area contributed by atoms with Gasteiger partial charge in [-0.25, -0.2) is 9.59 Å². The van der Waals surface area contributed by atoms with Crippen LogP contribution in [0.4, 0.5) is 15.3 Å². The number of fused-ring (bicyclic) bond motifs is 3. The first-order chi connectivity index (χ1) is 13.4. The predicted octanol–water partition coefficient (Wildman–Crippen LogP) is 1.43. The number of amides is 3. The van der Waals surface area contributed by atoms with Gasteiger partial charge in [-0.1, -0.05) is 6.07 Å². The van der Waals surface area contributed by atoms with E-state index in [9.17, 15) is 14.4 Å². The third-order valence-corrected chi connectivity index (χ3v) is 5.05. The van der Waals surface area contributed by atoms with E-state index in [1.165, 1.54) is 11.6 Å². The second-order valence-electron chi connectivity index (χ2n) is 7.02. The fourth-order valence-electron chi connectivity index (χ4n) is 3.77. The molecule has 1 aliphatic carbocycles. The average Bonchev–Trinajstić information content (AvgIpc) is 3.19. The monoisotopic (exact) mass is 383 g/mol. The number of primary amides is 1. The van der Waals surface area contributed by atoms with E-state index in [4.69, 9.17) is 10.5 Å². The molecule has 0 radical (unpaired) electrons. The molecule has 2 heterocycles. The van der Waals surface area contributed by atoms with Crippen molar-refractivity contribution in [3.8, 4) is 11.3 Å². The van der Waals surface area contributed by atoms with Crippen LogP contribution in [0.15, 0.2) is 24.4 Å². The Bertz CT molecular complexity index is 967. The second-order valence-corrected chi connectivity index (χ2v) is 7.02. The molecule has 1 fully saturated rings. The van der Waals surface area contributed by atoms with Gasteiger partial charge in [0, 0.05) is 18.2 Å². The topological polar surface area (TPSA) is 120 Å². The van der Waals surface area contributed by atoms with Crippen molar-refractivity contribution in [2.75, 3.05) is 18.0 Å². The van der Waals surface area contributed by atoms with Gasteiger partial charge in [-0.05, 0) is 42.5 Å². The number of cyclic esters (lactones) is 1. The number of anilines is 1. The summed E-state index contributed by atoms with van der Waals surface area (Å²) in [5.74, 6) is -0.165. The number of nitrogens with two attached hydrogens (primary N) is 1. The first-order valence-corrected chi connectivity index (χ1v) is 9.16. The maximum Gasteiger partial charge on any atom is 0.414 e. The van der Waals surface area contributed by atoms with Crippen LogP contribution < -0.4 is 16.0 Å². The Morgan fingerprint density at radius 2 is 2.11 bits per heavy atom. The number of nitrogens with one attached hydrogen (secondary N) is 1. The van der Waals surface area contributed by atoms with Crippen LogP contribution in [0.2, 0.25) is 0 Å². The van der Waals surface area contributed by atoms with Crippen molar-refractivity contribution in [2.45, 2.75) is 32.3 Å². The molecule has 4 rings (SSSR count). The Hall–Kier alpha value is -3.36. The van der Waals surface area contributed by atoms with E-state index in [1.54, 1.807) is 11.1 Å². The molecule has 0 bridgehead atoms. The van der Waals surface area contributed by atoms with E-state index in [1.807, 2.05) is 18.2 Å². The van der Waals surface area contributed by atoms with E-state index in [0.717, 1.165) is 47.3 Å². The largest absolute Gasteiger partial charge is 0.442 e. The molecule has 1 atom stereocenters. The molecule has 2 aliphatic rings. The quantitative estimate of drug-likeness (QED) is 0.831. The predicted molar refractivity (Wildman–Crippen MR) is 101 cm³/mol. The van der Waals surface area contributed by atoms with E-state index in [2.05, 4.69) is 10.4 Å². The summed E-state index contributed by atoms with van der Waals surface area (Å²) >= 11 is 0. The molecule has 1 aromatic carbocycles. The lowest BCUT2D eigenvalue weighted by Gasteiger charge is -2.16. The second kappa shape index (κ2) is 6.99. The molecule has 3 amide bonds. The zero-order chi connectivity index (χ0) is 19.8. The third kappa shape index (κ3) is 3.19. The Kier molecular flexibility index (Phi) is 4.50. The Labute approximate surface area is 161 Å². The molecule has 9 nitrogen and oxygen atoms in total. The van der Waals surface area contributed by atoms with E-state index in [0.29, 0.717) is 6.54 Å². The van der Waals surface area contributed by atoms with Crippen LogP contribution in [0.1, 0.15) is 24.5 Å². The third-order valence-electron chi connectivity index (χ3n) is 5.05. The minimum absolute atomic E-state index is 0.165. The zero-order valence-electron chi connectivity index (χ0n) is 15.5. The lowest BCUT2D eigenvalue weighted by atomic mass is 10.0. The molecular weight excluding hydrogens is 362 g/mol. The zero-order valence-corrected chi connectivity index (χ0v) is 15.5. The average molecular weight is 383 g/mol. The van der Waals surface area contributed by atoms with E-state index in [-0.39, 0.29) is 12.5 Å². The standard InChI is InChI=1S/C19H21N5O4/c1-11(25)21-9-15-10-23(19(27)28-15)14-5-6-16-12(7-14)3-2-4-13-8-22-24(17(13)16)18(20)26/h5-8,15H,2-4,9-10H2,1H3,(H2,20,26)(H,21,25). The molecule has 2 aromatic rings. The summed E-state index contributed by atoms with van der Waals surface area (Å²) in [6.07, 6.45) is 3.38. The van der Waals surface area contributed by atoms with Gasteiger partial charge in [0.1, 0.15) is 6.10 Å². The maximum atomic E-state index is 12.3. The first-order valence-electron chi connectivity index (χ1n) is 9.16. The van der Waals surface area contributed by atoms with Gasteiger partial charge in [0.2, 0.25) is 5.91 Å². The molecule has 1 unspecified atom stereocenters. The number of benzene rings is 1. The van der Waals surface area contributed by atoms with Gasteiger partial charge in [-0.3, -0.25) is 9.69 Å². The highest BCUT2D eigenvalue weighted by Gasteiger charge is 2.33. The Morgan fingerprint density at radius 1 is 1.32 bits per heavy atom. The fraction of sp³-hybridized carbons (Fsp3) is 0.368. The SMILES string of the molecule is CC(=O)NCC1CN(c2ccc3c(c2)CCCc2cnn(C(N)=O)c2-3)C(=O)O1. The van der Waals surface area contributed by atoms with Crippen molar-refractivity contribution in [3.63, 3.8) is 0 Å². The summed E-state index contributed by atoms with van der Waals surface area (Å²) in [5.41, 5.74) is 9.82. The molecule has 0 saturated carbocycles. The Balaban J connectivity index is 1.64. The number of aryl methyl sites for hydroxylation is 2. The summed E-state index contributed by atoms with van der Waals surface area (Å²) in [6, 6.07) is 5.05. The van der Waals surface area contributed by atoms with Gasteiger partial charge < -0.3 is 15.8 Å². The number of aromatic nitrogens is 2. The lowest BCUT2D eigenvalue weighted by molar-refractivity contribution is -0.119. The minimum atomic E-state index is -0.623. The molecule has 1 aromatic heterocycles. The van der Waals surface area contributed by atoms with Crippen LogP contribution in [-0.2, 0) is 22.4 Å². The summed E-state index contributed by atoms with van der Waals surface area (Å²) in [7, 11) is 0. The highest BCUT2D eigenvalue weighted by atomic mass is 16.6. The number of carbonyl (C=O) groups is 3. The van der Waals surface area contributed by atoms with E-state index >= 15 is 0 Å². The van der Waals surface area contributed by atoms with Crippen molar-refractivity contribution >= 4 is 23.7 Å². The van der Waals surface area contributed by atoms with Crippen molar-refractivity contribution < 1.29 is 19.1 Å². The minimum Gasteiger partial charge on any atom is -0.442 e. The number of carbonyl (C=O) groups excluding carboxylic acids is 3. The molecular formula is C19H21N5O4. The molecule has 1 saturated heterocycles. The highest BCUT2D eigenvalue weighted by Crippen LogP contribution is 2.35. The summed E-state index contributed by atoms with van der Waals surface area (Å²) < 4.78 is 6.57. The van der Waals surface area contributed by atoms with Gasteiger partial charge in [0.25, 0.3) is 0 Å². The van der Waals surface area contributed by atoms with E-state index < -0.39 is 18.2 Å². The van der Waals surface area contributed by atoms with Crippen LogP contribution in [0.5, 0.6) is 0 Å². The fourth-order valence-corrected chi connectivity index (χ4v) is 3.77. The van der Waals surface area contributed by atoms with Crippen molar-refractivity contribution in [3.05, 3.63) is 35.5 Å². The summed E-state index contributed by atoms with van der Waals surface area (Å²) in [5, 5.41) is 6.78. The van der Waals surface area contributed by atoms with Gasteiger partial charge in [0.05, 0.1) is 25.0 Å². The van der Waals surface area contributed by atoms with Gasteiger partial charge in [-0.15, -0.1) is 0 Å². The maximum absolute atomic E-state index is 12.3.